The van der Waals surface area contributed by atoms with Crippen LogP contribution in [-0.4, -0.2) is 12.6 Å². The third-order valence-corrected chi connectivity index (χ3v) is 5.51. The summed E-state index contributed by atoms with van der Waals surface area (Å²) in [6.07, 6.45) is 13.5. The Kier molecular flexibility index (Phi) is 2.99. The predicted molar refractivity (Wildman–Crippen MR) is 68.4 cm³/mol. The van der Waals surface area contributed by atoms with E-state index in [1.54, 1.807) is 0 Å². The molecule has 1 heteroatoms. The summed E-state index contributed by atoms with van der Waals surface area (Å²) in [4.78, 5) is 0. The van der Waals surface area contributed by atoms with E-state index in [0.717, 1.165) is 23.3 Å². The molecule has 0 aromatic heterocycles. The van der Waals surface area contributed by atoms with Crippen LogP contribution in [0.4, 0.5) is 0 Å². The lowest BCUT2D eigenvalue weighted by molar-refractivity contribution is 0.0925. The normalized spacial score (nSPS) is 30.6. The second-order valence-electron chi connectivity index (χ2n) is 6.80. The monoisotopic (exact) mass is 221 g/mol. The van der Waals surface area contributed by atoms with Crippen molar-refractivity contribution in [3.8, 4) is 0 Å². The molecule has 0 bridgehead atoms. The number of hydrogen-bond donors (Lipinski definition) is 1. The zero-order valence-corrected chi connectivity index (χ0v) is 10.8. The van der Waals surface area contributed by atoms with Crippen molar-refractivity contribution in [2.75, 3.05) is 6.54 Å². The maximum atomic E-state index is 3.85. The molecule has 3 rings (SSSR count). The summed E-state index contributed by atoms with van der Waals surface area (Å²) in [5.74, 6) is 2.16. The minimum Gasteiger partial charge on any atom is -0.314 e. The number of nitrogens with one attached hydrogen (secondary N) is 1. The van der Waals surface area contributed by atoms with Crippen molar-refractivity contribution >= 4 is 0 Å². The van der Waals surface area contributed by atoms with Gasteiger partial charge in [-0.3, -0.25) is 0 Å². The number of rotatable bonds is 6. The van der Waals surface area contributed by atoms with Crippen LogP contribution >= 0.6 is 0 Å². The Morgan fingerprint density at radius 3 is 2.31 bits per heavy atom. The van der Waals surface area contributed by atoms with Crippen molar-refractivity contribution in [2.45, 2.75) is 70.8 Å². The Morgan fingerprint density at radius 2 is 1.88 bits per heavy atom. The second kappa shape index (κ2) is 4.33. The molecule has 0 aliphatic heterocycles. The Labute approximate surface area is 100 Å². The van der Waals surface area contributed by atoms with Crippen LogP contribution in [0.15, 0.2) is 0 Å². The average molecular weight is 221 g/mol. The molecular formula is C15H27N. The van der Waals surface area contributed by atoms with E-state index in [0.29, 0.717) is 0 Å². The molecule has 3 saturated carbocycles. The van der Waals surface area contributed by atoms with Crippen molar-refractivity contribution in [1.82, 2.24) is 5.32 Å². The Bertz CT molecular complexity index is 236. The van der Waals surface area contributed by atoms with Crippen molar-refractivity contribution in [3.05, 3.63) is 0 Å². The lowest BCUT2D eigenvalue weighted by Gasteiger charge is -2.44. The fourth-order valence-corrected chi connectivity index (χ4v) is 3.75. The summed E-state index contributed by atoms with van der Waals surface area (Å²) < 4.78 is 0. The van der Waals surface area contributed by atoms with E-state index in [1.807, 2.05) is 0 Å². The molecule has 3 aliphatic rings. The van der Waals surface area contributed by atoms with Gasteiger partial charge in [0.25, 0.3) is 0 Å². The van der Waals surface area contributed by atoms with E-state index in [4.69, 9.17) is 0 Å². The zero-order chi connectivity index (χ0) is 11.0. The van der Waals surface area contributed by atoms with E-state index >= 15 is 0 Å². The van der Waals surface area contributed by atoms with Crippen LogP contribution in [0, 0.1) is 17.3 Å². The lowest BCUT2D eigenvalue weighted by atomic mass is 9.65. The summed E-state index contributed by atoms with van der Waals surface area (Å²) in [6.45, 7) is 3.73. The minimum atomic E-state index is 0.758. The summed E-state index contributed by atoms with van der Waals surface area (Å²) in [7, 11) is 0. The Balaban J connectivity index is 1.40. The van der Waals surface area contributed by atoms with Gasteiger partial charge in [-0.1, -0.05) is 25.7 Å². The van der Waals surface area contributed by atoms with Gasteiger partial charge in [-0.05, 0) is 56.3 Å². The fraction of sp³-hybridized carbons (Fsp3) is 1.00. The van der Waals surface area contributed by atoms with Gasteiger partial charge >= 0.3 is 0 Å². The molecule has 0 amide bonds. The van der Waals surface area contributed by atoms with Crippen LogP contribution in [0.25, 0.3) is 0 Å². The lowest BCUT2D eigenvalue weighted by Crippen LogP contribution is -2.45. The summed E-state index contributed by atoms with van der Waals surface area (Å²) in [5.41, 5.74) is 0.758. The van der Waals surface area contributed by atoms with Crippen molar-refractivity contribution < 1.29 is 0 Å². The molecule has 92 valence electrons. The highest BCUT2D eigenvalue weighted by atomic mass is 14.9. The van der Waals surface area contributed by atoms with Gasteiger partial charge in [-0.15, -0.1) is 0 Å². The number of hydrogen-bond acceptors (Lipinski definition) is 1. The van der Waals surface area contributed by atoms with Crippen LogP contribution in [0.3, 0.4) is 0 Å². The minimum absolute atomic E-state index is 0.758. The third kappa shape index (κ3) is 2.16. The van der Waals surface area contributed by atoms with Gasteiger partial charge in [0, 0.05) is 12.6 Å². The highest BCUT2D eigenvalue weighted by Gasteiger charge is 2.48. The van der Waals surface area contributed by atoms with E-state index in [9.17, 15) is 0 Å². The van der Waals surface area contributed by atoms with Gasteiger partial charge in [-0.2, -0.15) is 0 Å². The summed E-state index contributed by atoms with van der Waals surface area (Å²) >= 11 is 0. The van der Waals surface area contributed by atoms with E-state index < -0.39 is 0 Å². The fourth-order valence-electron chi connectivity index (χ4n) is 3.75. The SMILES string of the molecule is CC(CC1CCC1)NCC1(C2CC2)CCC1. The van der Waals surface area contributed by atoms with Crippen molar-refractivity contribution in [2.24, 2.45) is 17.3 Å². The molecule has 3 aliphatic carbocycles. The Morgan fingerprint density at radius 1 is 1.12 bits per heavy atom. The highest BCUT2D eigenvalue weighted by molar-refractivity contribution is 5.00. The molecule has 0 heterocycles. The molecule has 0 aromatic rings. The largest absolute Gasteiger partial charge is 0.314 e. The predicted octanol–water partition coefficient (Wildman–Crippen LogP) is 3.74. The standard InChI is InChI=1S/C15H27N/c1-12(10-13-4-2-5-13)16-11-15(8-3-9-15)14-6-7-14/h12-14,16H,2-11H2,1H3. The van der Waals surface area contributed by atoms with Crippen LogP contribution in [0.5, 0.6) is 0 Å². The van der Waals surface area contributed by atoms with E-state index in [-0.39, 0.29) is 0 Å². The molecular weight excluding hydrogens is 194 g/mol. The summed E-state index contributed by atoms with van der Waals surface area (Å²) in [5, 5.41) is 3.85. The molecule has 3 fully saturated rings. The molecule has 0 spiro atoms. The Hall–Kier alpha value is -0.0400. The maximum absolute atomic E-state index is 3.85. The smallest absolute Gasteiger partial charge is 0.00415 e. The average Bonchev–Trinajstić information content (AvgIpc) is 2.94. The first-order chi connectivity index (χ1) is 7.78. The second-order valence-corrected chi connectivity index (χ2v) is 6.80. The molecule has 0 aromatic carbocycles. The molecule has 16 heavy (non-hydrogen) atoms. The van der Waals surface area contributed by atoms with Crippen molar-refractivity contribution in [3.63, 3.8) is 0 Å². The third-order valence-electron chi connectivity index (χ3n) is 5.51. The molecule has 1 atom stereocenters. The first kappa shape index (κ1) is 11.1. The zero-order valence-electron chi connectivity index (χ0n) is 10.8. The van der Waals surface area contributed by atoms with Crippen LogP contribution in [0.1, 0.15) is 64.7 Å². The van der Waals surface area contributed by atoms with Crippen LogP contribution in [0.2, 0.25) is 0 Å². The van der Waals surface area contributed by atoms with E-state index in [1.165, 1.54) is 64.3 Å². The quantitative estimate of drug-likeness (QED) is 0.720. The topological polar surface area (TPSA) is 12.0 Å². The van der Waals surface area contributed by atoms with Gasteiger partial charge in [0.15, 0.2) is 0 Å². The molecule has 0 saturated heterocycles. The van der Waals surface area contributed by atoms with Crippen LogP contribution in [-0.2, 0) is 0 Å². The van der Waals surface area contributed by atoms with Gasteiger partial charge < -0.3 is 5.32 Å². The highest BCUT2D eigenvalue weighted by Crippen LogP contribution is 2.56. The van der Waals surface area contributed by atoms with Gasteiger partial charge in [0.1, 0.15) is 0 Å². The molecule has 1 nitrogen and oxygen atoms in total. The van der Waals surface area contributed by atoms with E-state index in [2.05, 4.69) is 12.2 Å². The molecule has 0 radical (unpaired) electrons. The summed E-state index contributed by atoms with van der Waals surface area (Å²) in [6, 6.07) is 0.765. The van der Waals surface area contributed by atoms with Gasteiger partial charge in [0.2, 0.25) is 0 Å². The first-order valence-electron chi connectivity index (χ1n) is 7.52. The van der Waals surface area contributed by atoms with Crippen molar-refractivity contribution in [1.29, 1.82) is 0 Å². The molecule has 1 unspecified atom stereocenters. The van der Waals surface area contributed by atoms with Crippen LogP contribution < -0.4 is 5.32 Å². The maximum Gasteiger partial charge on any atom is 0.00415 e. The molecule has 1 N–H and O–H groups in total. The first-order valence-corrected chi connectivity index (χ1v) is 7.52. The van der Waals surface area contributed by atoms with Gasteiger partial charge in [0.05, 0.1) is 0 Å². The van der Waals surface area contributed by atoms with Gasteiger partial charge in [-0.25, -0.2) is 0 Å².